The minimum Gasteiger partial charge on any atom is -0.480 e. The molecule has 2 heterocycles. The van der Waals surface area contributed by atoms with Crippen molar-refractivity contribution >= 4 is 39.6 Å². The van der Waals surface area contributed by atoms with Gasteiger partial charge in [-0.25, -0.2) is 4.79 Å². The van der Waals surface area contributed by atoms with Crippen molar-refractivity contribution in [2.24, 2.45) is 0 Å². The molecule has 1 N–H and O–H groups in total. The molecule has 1 aromatic heterocycles. The summed E-state index contributed by atoms with van der Waals surface area (Å²) in [5.41, 5.74) is 0.524. The molecule has 0 unspecified atom stereocenters. The van der Waals surface area contributed by atoms with Gasteiger partial charge < -0.3 is 14.6 Å². The maximum absolute atomic E-state index is 12.5. The molecule has 1 atom stereocenters. The molecule has 1 saturated heterocycles. The molecule has 1 aliphatic rings. The molecule has 1 fully saturated rings. The van der Waals surface area contributed by atoms with E-state index in [0.29, 0.717) is 17.3 Å². The van der Waals surface area contributed by atoms with E-state index in [0.717, 1.165) is 4.47 Å². The van der Waals surface area contributed by atoms with Crippen molar-refractivity contribution < 1.29 is 14.7 Å². The van der Waals surface area contributed by atoms with Crippen LogP contribution in [-0.2, 0) is 4.79 Å². The summed E-state index contributed by atoms with van der Waals surface area (Å²) in [6.45, 7) is 3.97. The molecule has 0 aliphatic carbocycles. The van der Waals surface area contributed by atoms with Crippen molar-refractivity contribution in [1.82, 2.24) is 9.47 Å². The third kappa shape index (κ3) is 2.81. The van der Waals surface area contributed by atoms with Gasteiger partial charge in [0.25, 0.3) is 5.91 Å². The number of carbonyl (C=O) groups excluding carboxylic acids is 1. The minimum atomic E-state index is -0.944. The Hall–Kier alpha value is -0.950. The highest BCUT2D eigenvalue weighted by Gasteiger charge is 2.36. The first kappa shape index (κ1) is 14.5. The van der Waals surface area contributed by atoms with Crippen molar-refractivity contribution in [2.75, 3.05) is 11.6 Å². The predicted molar refractivity (Wildman–Crippen MR) is 77.4 cm³/mol. The minimum absolute atomic E-state index is 0.142. The fraction of sp³-hybridized carbons (Fsp3) is 0.500. The van der Waals surface area contributed by atoms with Crippen molar-refractivity contribution in [2.45, 2.75) is 25.9 Å². The van der Waals surface area contributed by atoms with Gasteiger partial charge in [-0.2, -0.15) is 0 Å². The molecule has 0 aromatic carbocycles. The summed E-state index contributed by atoms with van der Waals surface area (Å²) < 4.78 is 2.68. The molecular weight excluding hydrogens is 332 g/mol. The lowest BCUT2D eigenvalue weighted by Crippen LogP contribution is -2.42. The Morgan fingerprint density at radius 3 is 2.79 bits per heavy atom. The smallest absolute Gasteiger partial charge is 0.327 e. The van der Waals surface area contributed by atoms with Crippen molar-refractivity contribution in [3.05, 3.63) is 22.4 Å². The molecule has 104 valence electrons. The number of aromatic nitrogens is 1. The summed E-state index contributed by atoms with van der Waals surface area (Å²) in [4.78, 5) is 25.1. The van der Waals surface area contributed by atoms with E-state index in [9.17, 15) is 9.59 Å². The maximum Gasteiger partial charge on any atom is 0.327 e. The fourth-order valence-electron chi connectivity index (χ4n) is 2.04. The quantitative estimate of drug-likeness (QED) is 0.912. The Morgan fingerprint density at radius 2 is 2.21 bits per heavy atom. The van der Waals surface area contributed by atoms with E-state index >= 15 is 0 Å². The van der Waals surface area contributed by atoms with Crippen LogP contribution in [0.25, 0.3) is 0 Å². The van der Waals surface area contributed by atoms with Crippen LogP contribution in [0, 0.1) is 0 Å². The zero-order valence-electron chi connectivity index (χ0n) is 10.7. The molecule has 0 radical (unpaired) electrons. The van der Waals surface area contributed by atoms with E-state index in [2.05, 4.69) is 15.9 Å². The lowest BCUT2D eigenvalue weighted by molar-refractivity contribution is -0.140. The van der Waals surface area contributed by atoms with Crippen LogP contribution in [0.4, 0.5) is 0 Å². The number of halogens is 1. The van der Waals surface area contributed by atoms with Crippen LogP contribution in [0.5, 0.6) is 0 Å². The second-order valence-corrected chi connectivity index (χ2v) is 6.59. The zero-order valence-corrected chi connectivity index (χ0v) is 13.1. The summed E-state index contributed by atoms with van der Waals surface area (Å²) >= 11 is 4.83. The second-order valence-electron chi connectivity index (χ2n) is 4.67. The second kappa shape index (κ2) is 5.58. The topological polar surface area (TPSA) is 62.5 Å². The summed E-state index contributed by atoms with van der Waals surface area (Å²) in [7, 11) is 0. The molecule has 0 spiro atoms. The first-order chi connectivity index (χ1) is 8.91. The van der Waals surface area contributed by atoms with Gasteiger partial charge in [0.2, 0.25) is 0 Å². The monoisotopic (exact) mass is 346 g/mol. The number of nitrogens with zero attached hydrogens (tertiary/aromatic N) is 2. The predicted octanol–water partition coefficient (Wildman–Crippen LogP) is 2.43. The van der Waals surface area contributed by atoms with Gasteiger partial charge in [-0.05, 0) is 35.8 Å². The van der Waals surface area contributed by atoms with Crippen LogP contribution < -0.4 is 0 Å². The van der Waals surface area contributed by atoms with E-state index in [1.807, 2.05) is 24.6 Å². The van der Waals surface area contributed by atoms with Crippen LogP contribution in [0.3, 0.4) is 0 Å². The first-order valence-corrected chi connectivity index (χ1v) is 7.85. The number of rotatable bonds is 3. The van der Waals surface area contributed by atoms with Gasteiger partial charge in [0.15, 0.2) is 0 Å². The highest BCUT2D eigenvalue weighted by atomic mass is 79.9. The number of carboxylic acid groups (broad SMARTS) is 1. The molecule has 0 saturated carbocycles. The molecule has 19 heavy (non-hydrogen) atoms. The van der Waals surface area contributed by atoms with Crippen LogP contribution in [0.15, 0.2) is 16.7 Å². The maximum atomic E-state index is 12.5. The van der Waals surface area contributed by atoms with Gasteiger partial charge in [-0.3, -0.25) is 4.79 Å². The summed E-state index contributed by atoms with van der Waals surface area (Å²) in [5, 5.41) is 9.14. The van der Waals surface area contributed by atoms with Crippen LogP contribution >= 0.6 is 27.7 Å². The van der Waals surface area contributed by atoms with Crippen LogP contribution in [-0.4, -0.2) is 44.1 Å². The van der Waals surface area contributed by atoms with Gasteiger partial charge in [0.05, 0.1) is 5.88 Å². The van der Waals surface area contributed by atoms with E-state index in [1.165, 1.54) is 16.7 Å². The molecule has 1 aromatic rings. The SMILES string of the molecule is CC(C)n1cc(Br)cc1C(=O)N1CSC[C@H]1C(=O)O. The average Bonchev–Trinajstić information content (AvgIpc) is 2.93. The molecule has 5 nitrogen and oxygen atoms in total. The third-order valence-corrected chi connectivity index (χ3v) is 4.46. The Balaban J connectivity index is 2.31. The van der Waals surface area contributed by atoms with Crippen LogP contribution in [0.1, 0.15) is 30.4 Å². The van der Waals surface area contributed by atoms with Crippen molar-refractivity contribution in [1.29, 1.82) is 0 Å². The molecule has 1 aliphatic heterocycles. The number of carbonyl (C=O) groups is 2. The highest BCUT2D eigenvalue weighted by Crippen LogP contribution is 2.26. The summed E-state index contributed by atoms with van der Waals surface area (Å²) in [5.74, 6) is -0.293. The Bertz CT molecular complexity index is 515. The summed E-state index contributed by atoms with van der Waals surface area (Å²) in [6.07, 6.45) is 1.84. The number of carboxylic acids is 1. The summed E-state index contributed by atoms with van der Waals surface area (Å²) in [6, 6.07) is 1.15. The Morgan fingerprint density at radius 1 is 1.53 bits per heavy atom. The molecule has 7 heteroatoms. The van der Waals surface area contributed by atoms with E-state index < -0.39 is 12.0 Å². The van der Waals surface area contributed by atoms with Crippen molar-refractivity contribution in [3.63, 3.8) is 0 Å². The van der Waals surface area contributed by atoms with Crippen LogP contribution in [0.2, 0.25) is 0 Å². The zero-order chi connectivity index (χ0) is 14.2. The lowest BCUT2D eigenvalue weighted by atomic mass is 10.2. The molecule has 2 rings (SSSR count). The van der Waals surface area contributed by atoms with Gasteiger partial charge in [-0.1, -0.05) is 0 Å². The largest absolute Gasteiger partial charge is 0.480 e. The Labute approximate surface area is 124 Å². The third-order valence-electron chi connectivity index (χ3n) is 3.02. The van der Waals surface area contributed by atoms with E-state index in [-0.39, 0.29) is 11.9 Å². The van der Waals surface area contributed by atoms with Gasteiger partial charge in [0.1, 0.15) is 11.7 Å². The number of aliphatic carboxylic acids is 1. The normalized spacial score (nSPS) is 19.2. The van der Waals surface area contributed by atoms with Gasteiger partial charge in [0, 0.05) is 22.5 Å². The highest BCUT2D eigenvalue weighted by molar-refractivity contribution is 9.10. The fourth-order valence-corrected chi connectivity index (χ4v) is 3.62. The number of amides is 1. The average molecular weight is 347 g/mol. The molecular formula is C12H15BrN2O3S. The lowest BCUT2D eigenvalue weighted by Gasteiger charge is -2.22. The van der Waals surface area contributed by atoms with E-state index in [1.54, 1.807) is 6.07 Å². The number of hydrogen-bond acceptors (Lipinski definition) is 3. The molecule has 0 bridgehead atoms. The van der Waals surface area contributed by atoms with Gasteiger partial charge >= 0.3 is 5.97 Å². The molecule has 1 amide bonds. The van der Waals surface area contributed by atoms with E-state index in [4.69, 9.17) is 5.11 Å². The number of hydrogen-bond donors (Lipinski definition) is 1. The number of thioether (sulfide) groups is 1. The Kier molecular flexibility index (Phi) is 4.25. The van der Waals surface area contributed by atoms with Gasteiger partial charge in [-0.15, -0.1) is 11.8 Å². The first-order valence-electron chi connectivity index (χ1n) is 5.90. The van der Waals surface area contributed by atoms with Crippen molar-refractivity contribution in [3.8, 4) is 0 Å². The standard InChI is InChI=1S/C12H15BrN2O3S/c1-7(2)14-4-8(13)3-9(14)11(16)15-6-19-5-10(15)12(17)18/h3-4,7,10H,5-6H2,1-2H3,(H,17,18)/t10-/m0/s1.